The van der Waals surface area contributed by atoms with Crippen molar-refractivity contribution in [1.29, 1.82) is 0 Å². The standard InChI is InChI=1S/C30H44ClFN4O/c1-22-9-12-30(28(33)19-22)36(17-18-37-4)23(2)21-35-15-13-25(14-16-35)29(34-3)8-6-5-7-24-10-11-26(31)20-27(24)32/h5-6,8,10-11,19-20,23,25,28,30H,3,7,9,12-18,21,33H2,1-2,4H3/b6-5-,29-8-/t23-,28?,30?/m1/s1. The van der Waals surface area contributed by atoms with Crippen LogP contribution >= 0.6 is 11.6 Å². The number of hydrogen-bond acceptors (Lipinski definition) is 5. The molecule has 0 aromatic heterocycles. The van der Waals surface area contributed by atoms with Crippen LogP contribution in [0.3, 0.4) is 0 Å². The largest absolute Gasteiger partial charge is 0.383 e. The van der Waals surface area contributed by atoms with Gasteiger partial charge in [-0.1, -0.05) is 41.5 Å². The van der Waals surface area contributed by atoms with Crippen molar-refractivity contribution in [2.24, 2.45) is 16.6 Å². The van der Waals surface area contributed by atoms with Crippen molar-refractivity contribution in [3.63, 3.8) is 0 Å². The number of hydrogen-bond donors (Lipinski definition) is 1. The Morgan fingerprint density at radius 1 is 1.35 bits per heavy atom. The molecule has 0 saturated carbocycles. The smallest absolute Gasteiger partial charge is 0.128 e. The fraction of sp³-hybridized carbons (Fsp3) is 0.567. The third-order valence-corrected chi connectivity index (χ3v) is 8.00. The first-order valence-corrected chi connectivity index (χ1v) is 13.9. The second kappa shape index (κ2) is 14.9. The molecular formula is C30H44ClFN4O. The van der Waals surface area contributed by atoms with Crippen molar-refractivity contribution in [2.75, 3.05) is 39.9 Å². The number of ether oxygens (including phenoxy) is 1. The van der Waals surface area contributed by atoms with E-state index in [1.54, 1.807) is 19.2 Å². The molecule has 1 aromatic carbocycles. The van der Waals surface area contributed by atoms with Crippen molar-refractivity contribution in [2.45, 2.75) is 64.1 Å². The lowest BCUT2D eigenvalue weighted by Crippen LogP contribution is -2.55. The van der Waals surface area contributed by atoms with Crippen LogP contribution in [0.4, 0.5) is 4.39 Å². The van der Waals surface area contributed by atoms with Crippen LogP contribution in [-0.2, 0) is 11.2 Å². The maximum atomic E-state index is 14.0. The molecule has 1 aliphatic heterocycles. The van der Waals surface area contributed by atoms with E-state index in [1.165, 1.54) is 11.6 Å². The van der Waals surface area contributed by atoms with Gasteiger partial charge >= 0.3 is 0 Å². The highest BCUT2D eigenvalue weighted by molar-refractivity contribution is 6.30. The summed E-state index contributed by atoms with van der Waals surface area (Å²) in [5.74, 6) is 0.119. The fourth-order valence-corrected chi connectivity index (χ4v) is 5.80. The quantitative estimate of drug-likeness (QED) is 0.216. The fourth-order valence-electron chi connectivity index (χ4n) is 5.64. The molecule has 204 valence electrons. The van der Waals surface area contributed by atoms with Crippen LogP contribution in [0.1, 0.15) is 45.1 Å². The van der Waals surface area contributed by atoms with Crippen molar-refractivity contribution in [3.8, 4) is 0 Å². The average molecular weight is 531 g/mol. The summed E-state index contributed by atoms with van der Waals surface area (Å²) in [5.41, 5.74) is 9.59. The highest BCUT2D eigenvalue weighted by Gasteiger charge is 2.31. The van der Waals surface area contributed by atoms with Crippen molar-refractivity contribution < 1.29 is 9.13 Å². The number of methoxy groups -OCH3 is 1. The van der Waals surface area contributed by atoms with E-state index >= 15 is 0 Å². The lowest BCUT2D eigenvalue weighted by atomic mass is 9.90. The Morgan fingerprint density at radius 3 is 2.76 bits per heavy atom. The number of piperidine rings is 1. The zero-order valence-corrected chi connectivity index (χ0v) is 23.5. The Bertz CT molecular complexity index is 970. The zero-order chi connectivity index (χ0) is 26.8. The number of rotatable bonds is 12. The van der Waals surface area contributed by atoms with Gasteiger partial charge in [-0.2, -0.15) is 0 Å². The van der Waals surface area contributed by atoms with Crippen LogP contribution in [0.25, 0.3) is 0 Å². The second-order valence-corrected chi connectivity index (χ2v) is 10.9. The molecule has 1 fully saturated rings. The SMILES string of the molecule is C=N/C(=C\C=C/Cc1ccc(Cl)cc1F)C1CCN(C[C@@H](C)N(CCOC)C2CCC(C)=CC2N)CC1. The van der Waals surface area contributed by atoms with Crippen molar-refractivity contribution >= 4 is 18.3 Å². The molecule has 0 spiro atoms. The molecule has 0 bridgehead atoms. The van der Waals surface area contributed by atoms with Gasteiger partial charge in [0.1, 0.15) is 5.82 Å². The first kappa shape index (κ1) is 29.7. The molecule has 0 radical (unpaired) electrons. The third kappa shape index (κ3) is 8.86. The average Bonchev–Trinajstić information content (AvgIpc) is 2.87. The van der Waals surface area contributed by atoms with E-state index in [-0.39, 0.29) is 11.9 Å². The molecule has 7 heteroatoms. The Labute approximate surface area is 227 Å². The molecule has 3 atom stereocenters. The summed E-state index contributed by atoms with van der Waals surface area (Å²) in [6.45, 7) is 13.0. The molecule has 0 amide bonds. The van der Waals surface area contributed by atoms with E-state index in [0.717, 1.165) is 64.2 Å². The molecule has 2 N–H and O–H groups in total. The van der Waals surface area contributed by atoms with E-state index in [9.17, 15) is 4.39 Å². The lowest BCUT2D eigenvalue weighted by molar-refractivity contribution is 0.0545. The lowest BCUT2D eigenvalue weighted by Gasteiger charge is -2.43. The summed E-state index contributed by atoms with van der Waals surface area (Å²) < 4.78 is 19.4. The van der Waals surface area contributed by atoms with Gasteiger partial charge in [-0.3, -0.25) is 9.89 Å². The summed E-state index contributed by atoms with van der Waals surface area (Å²) in [6.07, 6.45) is 13.0. The first-order valence-electron chi connectivity index (χ1n) is 13.5. The number of aliphatic imine (C=N–C) groups is 1. The number of allylic oxidation sites excluding steroid dienone is 5. The number of likely N-dealkylation sites (tertiary alicyclic amines) is 1. The van der Waals surface area contributed by atoms with Gasteiger partial charge in [0.2, 0.25) is 0 Å². The normalized spacial score (nSPS) is 23.0. The minimum atomic E-state index is -0.275. The number of nitrogens with zero attached hydrogens (tertiary/aromatic N) is 3. The summed E-state index contributed by atoms with van der Waals surface area (Å²) in [4.78, 5) is 9.45. The maximum absolute atomic E-state index is 14.0. The molecule has 1 saturated heterocycles. The van der Waals surface area contributed by atoms with Gasteiger partial charge in [-0.25, -0.2) is 4.39 Å². The summed E-state index contributed by atoms with van der Waals surface area (Å²) >= 11 is 5.84. The van der Waals surface area contributed by atoms with Gasteiger partial charge in [-0.05, 0) is 89.5 Å². The van der Waals surface area contributed by atoms with Crippen LogP contribution in [0.2, 0.25) is 5.02 Å². The second-order valence-electron chi connectivity index (χ2n) is 10.5. The number of nitrogens with two attached hydrogens (primary N) is 1. The summed E-state index contributed by atoms with van der Waals surface area (Å²) in [5, 5.41) is 0.413. The van der Waals surface area contributed by atoms with E-state index < -0.39 is 0 Å². The predicted molar refractivity (Wildman–Crippen MR) is 154 cm³/mol. The van der Waals surface area contributed by atoms with Gasteiger partial charge in [-0.15, -0.1) is 0 Å². The molecule has 2 aliphatic rings. The molecular weight excluding hydrogens is 487 g/mol. The Hall–Kier alpha value is -1.83. The number of benzene rings is 1. The Balaban J connectivity index is 1.52. The predicted octanol–water partition coefficient (Wildman–Crippen LogP) is 5.65. The maximum Gasteiger partial charge on any atom is 0.128 e. The highest BCUT2D eigenvalue weighted by Crippen LogP contribution is 2.27. The first-order chi connectivity index (χ1) is 17.8. The van der Waals surface area contributed by atoms with Gasteiger partial charge in [0, 0.05) is 55.0 Å². The van der Waals surface area contributed by atoms with Crippen LogP contribution in [-0.4, -0.2) is 74.5 Å². The van der Waals surface area contributed by atoms with Gasteiger partial charge in [0.25, 0.3) is 0 Å². The molecule has 1 aliphatic carbocycles. The third-order valence-electron chi connectivity index (χ3n) is 7.77. The summed E-state index contributed by atoms with van der Waals surface area (Å²) in [6, 6.07) is 5.63. The Morgan fingerprint density at radius 2 is 2.11 bits per heavy atom. The van der Waals surface area contributed by atoms with E-state index in [0.29, 0.717) is 35.0 Å². The molecule has 1 heterocycles. The van der Waals surface area contributed by atoms with Crippen LogP contribution < -0.4 is 5.73 Å². The van der Waals surface area contributed by atoms with E-state index in [2.05, 4.69) is 41.4 Å². The zero-order valence-electron chi connectivity index (χ0n) is 22.7. The van der Waals surface area contributed by atoms with E-state index in [4.69, 9.17) is 22.1 Å². The number of halogens is 2. The van der Waals surface area contributed by atoms with Crippen molar-refractivity contribution in [1.82, 2.24) is 9.80 Å². The molecule has 37 heavy (non-hydrogen) atoms. The summed E-state index contributed by atoms with van der Waals surface area (Å²) in [7, 11) is 1.77. The van der Waals surface area contributed by atoms with Crippen molar-refractivity contribution in [3.05, 3.63) is 70.2 Å². The van der Waals surface area contributed by atoms with Crippen LogP contribution in [0.15, 0.2) is 58.8 Å². The molecule has 1 aromatic rings. The minimum Gasteiger partial charge on any atom is -0.383 e. The Kier molecular flexibility index (Phi) is 12.0. The molecule has 5 nitrogen and oxygen atoms in total. The molecule has 2 unspecified atom stereocenters. The van der Waals surface area contributed by atoms with Crippen LogP contribution in [0, 0.1) is 11.7 Å². The van der Waals surface area contributed by atoms with Gasteiger partial charge in [0.15, 0.2) is 0 Å². The molecule has 3 rings (SSSR count). The van der Waals surface area contributed by atoms with Gasteiger partial charge in [0.05, 0.1) is 6.61 Å². The van der Waals surface area contributed by atoms with E-state index in [1.807, 2.05) is 18.2 Å². The topological polar surface area (TPSA) is 54.1 Å². The van der Waals surface area contributed by atoms with Crippen LogP contribution in [0.5, 0.6) is 0 Å². The highest BCUT2D eigenvalue weighted by atomic mass is 35.5. The minimum absolute atomic E-state index is 0.0781. The van der Waals surface area contributed by atoms with Gasteiger partial charge < -0.3 is 15.4 Å². The monoisotopic (exact) mass is 530 g/mol.